The van der Waals surface area contributed by atoms with Crippen LogP contribution >= 0.6 is 0 Å². The lowest BCUT2D eigenvalue weighted by Crippen LogP contribution is -2.30. The van der Waals surface area contributed by atoms with Gasteiger partial charge in [-0.1, -0.05) is 241 Å². The van der Waals surface area contributed by atoms with Gasteiger partial charge in [-0.25, -0.2) is 0 Å². The Morgan fingerprint density at radius 1 is 0.348 bits per heavy atom. The van der Waals surface area contributed by atoms with E-state index in [1.54, 1.807) is 0 Å². The maximum absolute atomic E-state index is 12.8. The average molecular weight is 920 g/mol. The Morgan fingerprint density at radius 3 is 1.12 bits per heavy atom. The van der Waals surface area contributed by atoms with Gasteiger partial charge in [-0.05, 0) is 96.3 Å². The molecule has 0 rings (SSSR count). The van der Waals surface area contributed by atoms with E-state index in [1.165, 1.54) is 135 Å². The predicted molar refractivity (Wildman–Crippen MR) is 288 cm³/mol. The summed E-state index contributed by atoms with van der Waals surface area (Å²) >= 11 is 0. The van der Waals surface area contributed by atoms with Crippen LogP contribution in [0, 0.1) is 0 Å². The van der Waals surface area contributed by atoms with E-state index < -0.39 is 6.10 Å². The first-order valence-electron chi connectivity index (χ1n) is 28.1. The van der Waals surface area contributed by atoms with Crippen molar-refractivity contribution >= 4 is 11.9 Å². The summed E-state index contributed by atoms with van der Waals surface area (Å²) in [4.78, 5) is 25.5. The molecule has 1 unspecified atom stereocenters. The second-order valence-corrected chi connectivity index (χ2v) is 18.5. The first-order valence-corrected chi connectivity index (χ1v) is 28.1. The van der Waals surface area contributed by atoms with Gasteiger partial charge >= 0.3 is 11.9 Å². The van der Waals surface area contributed by atoms with Crippen LogP contribution in [-0.4, -0.2) is 37.9 Å². The number of ether oxygens (including phenoxy) is 3. The van der Waals surface area contributed by atoms with Crippen LogP contribution in [0.15, 0.2) is 85.1 Å². The van der Waals surface area contributed by atoms with E-state index in [2.05, 4.69) is 106 Å². The summed E-state index contributed by atoms with van der Waals surface area (Å²) < 4.78 is 17.4. The van der Waals surface area contributed by atoms with E-state index in [4.69, 9.17) is 14.2 Å². The van der Waals surface area contributed by atoms with Gasteiger partial charge < -0.3 is 14.2 Å². The first-order chi connectivity index (χ1) is 32.6. The van der Waals surface area contributed by atoms with Gasteiger partial charge in [0, 0.05) is 19.4 Å². The van der Waals surface area contributed by atoms with Gasteiger partial charge in [-0.3, -0.25) is 9.59 Å². The van der Waals surface area contributed by atoms with Gasteiger partial charge in [0.1, 0.15) is 6.61 Å². The number of carbonyl (C=O) groups excluding carboxylic acids is 2. The summed E-state index contributed by atoms with van der Waals surface area (Å²) in [6.45, 7) is 7.66. The fraction of sp³-hybridized carbons (Fsp3) is 0.738. The highest BCUT2D eigenvalue weighted by atomic mass is 16.6. The largest absolute Gasteiger partial charge is 0.462 e. The van der Waals surface area contributed by atoms with Crippen molar-refractivity contribution in [2.24, 2.45) is 0 Å². The van der Waals surface area contributed by atoms with Crippen molar-refractivity contribution in [3.63, 3.8) is 0 Å². The lowest BCUT2D eigenvalue weighted by molar-refractivity contribution is -0.163. The van der Waals surface area contributed by atoms with E-state index >= 15 is 0 Å². The molecule has 0 aliphatic heterocycles. The Balaban J connectivity index is 4.31. The van der Waals surface area contributed by atoms with Crippen LogP contribution in [-0.2, 0) is 23.8 Å². The summed E-state index contributed by atoms with van der Waals surface area (Å²) in [6, 6.07) is 0. The van der Waals surface area contributed by atoms with Crippen LogP contribution in [0.4, 0.5) is 0 Å². The van der Waals surface area contributed by atoms with Gasteiger partial charge in [-0.2, -0.15) is 0 Å². The highest BCUT2D eigenvalue weighted by molar-refractivity contribution is 5.70. The number of carbonyl (C=O) groups is 2. The maximum atomic E-state index is 12.8. The van der Waals surface area contributed by atoms with Crippen molar-refractivity contribution < 1.29 is 23.8 Å². The molecule has 5 heteroatoms. The van der Waals surface area contributed by atoms with Crippen LogP contribution in [0.3, 0.4) is 0 Å². The average Bonchev–Trinajstić information content (AvgIpc) is 3.32. The fourth-order valence-corrected chi connectivity index (χ4v) is 7.74. The van der Waals surface area contributed by atoms with Gasteiger partial charge in [-0.15, -0.1) is 0 Å². The van der Waals surface area contributed by atoms with E-state index in [9.17, 15) is 9.59 Å². The predicted octanol–water partition coefficient (Wildman–Crippen LogP) is 19.2. The normalized spacial score (nSPS) is 12.8. The molecule has 0 aromatic heterocycles. The standard InChI is InChI=1S/C61H106O5/c1-4-7-10-13-16-19-22-25-27-29-30-31-33-35-38-41-44-47-50-53-56-64-57-59(66-61(63)55-52-49-46-43-40-36-24-21-18-15-12-9-6-3)58-65-60(62)54-51-48-45-42-39-37-34-32-28-26-23-20-17-14-11-8-5-2/h8,11,16-17,19-20,25-28,30-31,34,37,59H,4-7,9-10,12-15,18,21-24,29,32-33,35-36,38-58H2,1-3H3/b11-8-,19-16-,20-17-,27-25-,28-26-,31-30-,37-34-. The topological polar surface area (TPSA) is 61.8 Å². The number of hydrogen-bond donors (Lipinski definition) is 0. The van der Waals surface area contributed by atoms with Gasteiger partial charge in [0.25, 0.3) is 0 Å². The molecule has 0 saturated carbocycles. The molecule has 0 aromatic carbocycles. The molecule has 0 radical (unpaired) electrons. The molecule has 0 aliphatic carbocycles. The molecule has 5 nitrogen and oxygen atoms in total. The maximum Gasteiger partial charge on any atom is 0.306 e. The molecule has 380 valence electrons. The lowest BCUT2D eigenvalue weighted by atomic mass is 10.0. The Kier molecular flexibility index (Phi) is 53.9. The number of unbranched alkanes of at least 4 members (excludes halogenated alkanes) is 26. The molecule has 66 heavy (non-hydrogen) atoms. The highest BCUT2D eigenvalue weighted by Gasteiger charge is 2.17. The second-order valence-electron chi connectivity index (χ2n) is 18.5. The molecule has 0 amide bonds. The smallest absolute Gasteiger partial charge is 0.306 e. The number of esters is 2. The SMILES string of the molecule is CC/C=C\C/C=C\C/C=C\C/C=C\CCCCCCC(=O)OCC(COCCCCCCCCC/C=C\C/C=C\C/C=C\CCCCC)OC(=O)CCCCCCCCCCCCCCC. The molecule has 0 N–H and O–H groups in total. The van der Waals surface area contributed by atoms with Crippen molar-refractivity contribution in [3.8, 4) is 0 Å². The summed E-state index contributed by atoms with van der Waals surface area (Å²) in [5.74, 6) is -0.425. The minimum atomic E-state index is -0.554. The van der Waals surface area contributed by atoms with Crippen molar-refractivity contribution in [2.45, 2.75) is 271 Å². The van der Waals surface area contributed by atoms with Crippen LogP contribution in [0.25, 0.3) is 0 Å². The van der Waals surface area contributed by atoms with Crippen LogP contribution in [0.2, 0.25) is 0 Å². The van der Waals surface area contributed by atoms with E-state index in [-0.39, 0.29) is 25.2 Å². The van der Waals surface area contributed by atoms with Crippen molar-refractivity contribution in [2.75, 3.05) is 19.8 Å². The zero-order valence-electron chi connectivity index (χ0n) is 43.7. The molecule has 0 saturated heterocycles. The molecule has 0 fully saturated rings. The number of allylic oxidation sites excluding steroid dienone is 14. The molecule has 0 bridgehead atoms. The third kappa shape index (κ3) is 53.7. The summed E-state index contributed by atoms with van der Waals surface area (Å²) in [5.41, 5.74) is 0. The zero-order valence-corrected chi connectivity index (χ0v) is 43.7. The van der Waals surface area contributed by atoms with Gasteiger partial charge in [0.2, 0.25) is 0 Å². The zero-order chi connectivity index (χ0) is 47.7. The van der Waals surface area contributed by atoms with Crippen molar-refractivity contribution in [1.29, 1.82) is 0 Å². The molecule has 0 aromatic rings. The van der Waals surface area contributed by atoms with Crippen LogP contribution in [0.5, 0.6) is 0 Å². The van der Waals surface area contributed by atoms with Crippen LogP contribution < -0.4 is 0 Å². The second kappa shape index (κ2) is 56.4. The van der Waals surface area contributed by atoms with E-state index in [0.717, 1.165) is 96.3 Å². The number of hydrogen-bond acceptors (Lipinski definition) is 5. The Morgan fingerprint density at radius 2 is 0.682 bits per heavy atom. The fourth-order valence-electron chi connectivity index (χ4n) is 7.74. The highest BCUT2D eigenvalue weighted by Crippen LogP contribution is 2.15. The molecule has 0 aliphatic rings. The third-order valence-electron chi connectivity index (χ3n) is 11.9. The third-order valence-corrected chi connectivity index (χ3v) is 11.9. The Labute approximate surface area is 409 Å². The van der Waals surface area contributed by atoms with E-state index in [1.807, 2.05) is 0 Å². The van der Waals surface area contributed by atoms with Gasteiger partial charge in [0.05, 0.1) is 6.61 Å². The Bertz CT molecular complexity index is 1220. The molecular weight excluding hydrogens is 813 g/mol. The van der Waals surface area contributed by atoms with Crippen LogP contribution in [0.1, 0.15) is 265 Å². The summed E-state index contributed by atoms with van der Waals surface area (Å²) in [6.07, 6.45) is 74.5. The molecule has 0 spiro atoms. The molecule has 0 heterocycles. The van der Waals surface area contributed by atoms with Crippen molar-refractivity contribution in [1.82, 2.24) is 0 Å². The summed E-state index contributed by atoms with van der Waals surface area (Å²) in [5, 5.41) is 0. The monoisotopic (exact) mass is 919 g/mol. The molecular formula is C61H106O5. The Hall–Kier alpha value is -2.92. The quantitative estimate of drug-likeness (QED) is 0.0346. The van der Waals surface area contributed by atoms with Gasteiger partial charge in [0.15, 0.2) is 6.10 Å². The minimum absolute atomic E-state index is 0.0672. The van der Waals surface area contributed by atoms with Crippen molar-refractivity contribution in [3.05, 3.63) is 85.1 Å². The minimum Gasteiger partial charge on any atom is -0.462 e. The number of rotatable bonds is 51. The lowest BCUT2D eigenvalue weighted by Gasteiger charge is -2.18. The summed E-state index contributed by atoms with van der Waals surface area (Å²) in [7, 11) is 0. The first kappa shape index (κ1) is 63.1. The molecule has 1 atom stereocenters. The van der Waals surface area contributed by atoms with E-state index in [0.29, 0.717) is 19.4 Å².